The molecule has 3 rings (SSSR count). The van der Waals surface area contributed by atoms with Crippen molar-refractivity contribution in [3.05, 3.63) is 48.0 Å². The summed E-state index contributed by atoms with van der Waals surface area (Å²) >= 11 is 0. The number of piperazine rings is 1. The molecule has 26 heavy (non-hydrogen) atoms. The fraction of sp³-hybridized carbons (Fsp3) is 0.421. The largest absolute Gasteiger partial charge is 0.405 e. The standard InChI is InChI=1S/C19H22F3N3O/c20-19(21,22)14-23-18(26)13-25-10-8-24(9-11-25)12-16-6-3-5-15-4-1-2-7-17(15)16/h1-7H,8-14H2,(H,23,26). The van der Waals surface area contributed by atoms with Gasteiger partial charge in [0.05, 0.1) is 6.54 Å². The van der Waals surface area contributed by atoms with Gasteiger partial charge in [0.15, 0.2) is 0 Å². The lowest BCUT2D eigenvalue weighted by molar-refractivity contribution is -0.139. The van der Waals surface area contributed by atoms with Gasteiger partial charge in [-0.15, -0.1) is 0 Å². The second kappa shape index (κ2) is 8.05. The van der Waals surface area contributed by atoms with Crippen LogP contribution in [0.2, 0.25) is 0 Å². The number of hydrogen-bond donors (Lipinski definition) is 1. The van der Waals surface area contributed by atoms with Crippen molar-refractivity contribution in [3.63, 3.8) is 0 Å². The van der Waals surface area contributed by atoms with E-state index in [-0.39, 0.29) is 6.54 Å². The summed E-state index contributed by atoms with van der Waals surface area (Å²) in [4.78, 5) is 15.8. The fourth-order valence-corrected chi connectivity index (χ4v) is 3.23. The molecule has 1 saturated heterocycles. The Hall–Kier alpha value is -2.12. The van der Waals surface area contributed by atoms with E-state index in [0.29, 0.717) is 13.1 Å². The number of nitrogens with one attached hydrogen (secondary N) is 1. The minimum Gasteiger partial charge on any atom is -0.346 e. The number of carbonyl (C=O) groups excluding carboxylic acids is 1. The zero-order chi connectivity index (χ0) is 18.6. The maximum atomic E-state index is 12.1. The number of rotatable bonds is 5. The Kier molecular flexibility index (Phi) is 5.78. The van der Waals surface area contributed by atoms with Crippen LogP contribution in [0.25, 0.3) is 10.8 Å². The highest BCUT2D eigenvalue weighted by Gasteiger charge is 2.28. The molecule has 1 amide bonds. The van der Waals surface area contributed by atoms with Gasteiger partial charge in [-0.2, -0.15) is 13.2 Å². The van der Waals surface area contributed by atoms with Crippen molar-refractivity contribution in [2.24, 2.45) is 0 Å². The van der Waals surface area contributed by atoms with E-state index in [0.717, 1.165) is 19.6 Å². The maximum absolute atomic E-state index is 12.1. The number of hydrogen-bond acceptors (Lipinski definition) is 3. The number of amides is 1. The highest BCUT2D eigenvalue weighted by molar-refractivity contribution is 5.85. The second-order valence-corrected chi connectivity index (χ2v) is 6.58. The Morgan fingerprint density at radius 2 is 1.62 bits per heavy atom. The first-order chi connectivity index (χ1) is 12.4. The van der Waals surface area contributed by atoms with E-state index in [1.165, 1.54) is 16.3 Å². The zero-order valence-electron chi connectivity index (χ0n) is 14.4. The lowest BCUT2D eigenvalue weighted by Crippen LogP contribution is -2.49. The van der Waals surface area contributed by atoms with Crippen molar-refractivity contribution in [2.75, 3.05) is 39.3 Å². The van der Waals surface area contributed by atoms with Crippen LogP contribution in [0.5, 0.6) is 0 Å². The molecule has 140 valence electrons. The minimum absolute atomic E-state index is 0.0121. The van der Waals surface area contributed by atoms with Crippen LogP contribution >= 0.6 is 0 Å². The van der Waals surface area contributed by atoms with E-state index in [1.807, 2.05) is 22.3 Å². The lowest BCUT2D eigenvalue weighted by atomic mass is 10.0. The molecule has 1 aliphatic heterocycles. The number of benzene rings is 2. The van der Waals surface area contributed by atoms with Gasteiger partial charge in [0.2, 0.25) is 5.91 Å². The number of nitrogens with zero attached hydrogens (tertiary/aromatic N) is 2. The van der Waals surface area contributed by atoms with Gasteiger partial charge in [-0.25, -0.2) is 0 Å². The molecule has 0 aliphatic carbocycles. The number of halogens is 3. The van der Waals surface area contributed by atoms with Gasteiger partial charge < -0.3 is 5.32 Å². The first kappa shape index (κ1) is 18.7. The SMILES string of the molecule is O=C(CN1CCN(Cc2cccc3ccccc23)CC1)NCC(F)(F)F. The lowest BCUT2D eigenvalue weighted by Gasteiger charge is -2.34. The van der Waals surface area contributed by atoms with Crippen molar-refractivity contribution < 1.29 is 18.0 Å². The van der Waals surface area contributed by atoms with Crippen molar-refractivity contribution in [1.82, 2.24) is 15.1 Å². The second-order valence-electron chi connectivity index (χ2n) is 6.58. The predicted octanol–water partition coefficient (Wildman–Crippen LogP) is 2.64. The molecule has 1 aliphatic rings. The first-order valence-electron chi connectivity index (χ1n) is 8.65. The van der Waals surface area contributed by atoms with E-state index < -0.39 is 18.6 Å². The molecule has 2 aromatic carbocycles. The van der Waals surface area contributed by atoms with Crippen LogP contribution in [0, 0.1) is 0 Å². The highest BCUT2D eigenvalue weighted by atomic mass is 19.4. The third kappa shape index (κ3) is 5.19. The molecule has 0 bridgehead atoms. The summed E-state index contributed by atoms with van der Waals surface area (Å²) in [6.07, 6.45) is -4.37. The van der Waals surface area contributed by atoms with E-state index in [9.17, 15) is 18.0 Å². The monoisotopic (exact) mass is 365 g/mol. The van der Waals surface area contributed by atoms with E-state index in [1.54, 1.807) is 0 Å². The van der Waals surface area contributed by atoms with Gasteiger partial charge in [-0.05, 0) is 16.3 Å². The molecule has 1 N–H and O–H groups in total. The Morgan fingerprint density at radius 3 is 2.35 bits per heavy atom. The van der Waals surface area contributed by atoms with Crippen LogP contribution in [0.1, 0.15) is 5.56 Å². The topological polar surface area (TPSA) is 35.6 Å². The van der Waals surface area contributed by atoms with Crippen molar-refractivity contribution in [2.45, 2.75) is 12.7 Å². The van der Waals surface area contributed by atoms with Crippen LogP contribution in [-0.2, 0) is 11.3 Å². The number of fused-ring (bicyclic) bond motifs is 1. The molecule has 4 nitrogen and oxygen atoms in total. The average Bonchev–Trinajstić information content (AvgIpc) is 2.61. The van der Waals surface area contributed by atoms with Crippen molar-refractivity contribution in [1.29, 1.82) is 0 Å². The quantitative estimate of drug-likeness (QED) is 0.885. The van der Waals surface area contributed by atoms with E-state index in [2.05, 4.69) is 35.2 Å². The van der Waals surface area contributed by atoms with Crippen LogP contribution in [0.3, 0.4) is 0 Å². The van der Waals surface area contributed by atoms with Crippen molar-refractivity contribution in [3.8, 4) is 0 Å². The van der Waals surface area contributed by atoms with Crippen LogP contribution in [-0.4, -0.2) is 61.2 Å². The summed E-state index contributed by atoms with van der Waals surface area (Å²) in [6, 6.07) is 14.5. The molecule has 0 aromatic heterocycles. The summed E-state index contributed by atoms with van der Waals surface area (Å²) in [6.45, 7) is 2.49. The molecule has 7 heteroatoms. The van der Waals surface area contributed by atoms with Crippen LogP contribution in [0.15, 0.2) is 42.5 Å². The Balaban J connectivity index is 1.49. The number of alkyl halides is 3. The van der Waals surface area contributed by atoms with E-state index >= 15 is 0 Å². The molecule has 0 radical (unpaired) electrons. The first-order valence-corrected chi connectivity index (χ1v) is 8.65. The van der Waals surface area contributed by atoms with E-state index in [4.69, 9.17) is 0 Å². The van der Waals surface area contributed by atoms with Crippen LogP contribution in [0.4, 0.5) is 13.2 Å². The molecule has 0 unspecified atom stereocenters. The molecular weight excluding hydrogens is 343 g/mol. The summed E-state index contributed by atoms with van der Waals surface area (Å²) < 4.78 is 36.4. The maximum Gasteiger partial charge on any atom is 0.405 e. The number of carbonyl (C=O) groups is 1. The fourth-order valence-electron chi connectivity index (χ4n) is 3.23. The Morgan fingerprint density at radius 1 is 0.962 bits per heavy atom. The highest BCUT2D eigenvalue weighted by Crippen LogP contribution is 2.20. The molecule has 1 fully saturated rings. The predicted molar refractivity (Wildman–Crippen MR) is 94.7 cm³/mol. The third-order valence-corrected chi connectivity index (χ3v) is 4.59. The van der Waals surface area contributed by atoms with Crippen LogP contribution < -0.4 is 5.32 Å². The average molecular weight is 365 g/mol. The summed E-state index contributed by atoms with van der Waals surface area (Å²) in [5.41, 5.74) is 1.26. The molecule has 0 saturated carbocycles. The van der Waals surface area contributed by atoms with Gasteiger partial charge in [-0.1, -0.05) is 42.5 Å². The molecule has 0 atom stereocenters. The van der Waals surface area contributed by atoms with Gasteiger partial charge in [0.1, 0.15) is 6.54 Å². The summed E-state index contributed by atoms with van der Waals surface area (Å²) in [5.74, 6) is -0.579. The van der Waals surface area contributed by atoms with Gasteiger partial charge in [0.25, 0.3) is 0 Å². The van der Waals surface area contributed by atoms with Gasteiger partial charge >= 0.3 is 6.18 Å². The van der Waals surface area contributed by atoms with Crippen molar-refractivity contribution >= 4 is 16.7 Å². The van der Waals surface area contributed by atoms with Gasteiger partial charge in [0, 0.05) is 32.7 Å². The Labute approximate surface area is 150 Å². The van der Waals surface area contributed by atoms with Gasteiger partial charge in [-0.3, -0.25) is 14.6 Å². The molecule has 1 heterocycles. The molecule has 0 spiro atoms. The molecular formula is C19H22F3N3O. The summed E-state index contributed by atoms with van der Waals surface area (Å²) in [7, 11) is 0. The molecule has 2 aromatic rings. The third-order valence-electron chi connectivity index (χ3n) is 4.59. The smallest absolute Gasteiger partial charge is 0.346 e. The Bertz CT molecular complexity index is 750. The normalized spacial score (nSPS) is 16.7. The minimum atomic E-state index is -4.37. The zero-order valence-corrected chi connectivity index (χ0v) is 14.4. The summed E-state index contributed by atoms with van der Waals surface area (Å²) in [5, 5.41) is 4.37.